The summed E-state index contributed by atoms with van der Waals surface area (Å²) in [5, 5.41) is 5.99. The first kappa shape index (κ1) is 18.3. The third-order valence-corrected chi connectivity index (χ3v) is 5.51. The smallest absolute Gasteiger partial charge is 0.0344 e. The molecule has 0 aliphatic carbocycles. The fourth-order valence-corrected chi connectivity index (χ4v) is 3.80. The minimum atomic E-state index is 0.785. The highest BCUT2D eigenvalue weighted by atomic mass is 14.9. The second kappa shape index (κ2) is 7.91. The molecule has 1 heterocycles. The van der Waals surface area contributed by atoms with Crippen LogP contribution in [-0.2, 0) is 0 Å². The Hall–Kier alpha value is -3.04. The van der Waals surface area contributed by atoms with Crippen LogP contribution < -0.4 is 27.2 Å². The van der Waals surface area contributed by atoms with Crippen molar-refractivity contribution in [3.05, 3.63) is 82.2 Å². The van der Waals surface area contributed by atoms with Gasteiger partial charge in [-0.25, -0.2) is 0 Å². The van der Waals surface area contributed by atoms with Crippen LogP contribution in [0, 0.1) is 6.92 Å². The van der Waals surface area contributed by atoms with Crippen LogP contribution in [0.15, 0.2) is 60.7 Å². The zero-order chi connectivity index (χ0) is 19.5. The van der Waals surface area contributed by atoms with Gasteiger partial charge in [-0.05, 0) is 102 Å². The highest BCUT2D eigenvalue weighted by molar-refractivity contribution is 5.70. The minimum absolute atomic E-state index is 0.785. The summed E-state index contributed by atoms with van der Waals surface area (Å²) in [6.07, 6.45) is 4.46. The molecular weight excluding hydrogens is 342 g/mol. The van der Waals surface area contributed by atoms with E-state index in [1.165, 1.54) is 27.1 Å². The molecule has 0 atom stereocenters. The standard InChI is InChI=1S/C25H27N3/c1-17-14-18(2-9-25(17)27)15-22-4-3-21(19-10-12-28-13-11-19)16-24(22)20-5-7-23(26)8-6-20/h2-9,14-16,28H,10-13,26-27H2,1H3/b22-15+. The molecule has 5 N–H and O–H groups in total. The first-order valence-electron chi connectivity index (χ1n) is 9.87. The first-order valence-corrected chi connectivity index (χ1v) is 9.87. The number of rotatable bonds is 2. The maximum atomic E-state index is 5.99. The van der Waals surface area contributed by atoms with E-state index in [9.17, 15) is 0 Å². The third kappa shape index (κ3) is 3.95. The molecule has 0 aromatic heterocycles. The topological polar surface area (TPSA) is 64.1 Å². The van der Waals surface area contributed by atoms with Crippen LogP contribution in [0.1, 0.15) is 24.0 Å². The van der Waals surface area contributed by atoms with Gasteiger partial charge >= 0.3 is 0 Å². The highest BCUT2D eigenvalue weighted by Crippen LogP contribution is 2.18. The van der Waals surface area contributed by atoms with Crippen molar-refractivity contribution in [1.29, 1.82) is 0 Å². The molecule has 142 valence electrons. The predicted molar refractivity (Wildman–Crippen MR) is 120 cm³/mol. The van der Waals surface area contributed by atoms with Gasteiger partial charge in [-0.1, -0.05) is 35.9 Å². The second-order valence-corrected chi connectivity index (χ2v) is 7.54. The lowest BCUT2D eigenvalue weighted by atomic mass is 9.96. The minimum Gasteiger partial charge on any atom is -0.399 e. The lowest BCUT2D eigenvalue weighted by molar-refractivity contribution is 0.650. The summed E-state index contributed by atoms with van der Waals surface area (Å²) in [7, 11) is 0. The zero-order valence-electron chi connectivity index (χ0n) is 16.3. The average molecular weight is 370 g/mol. The lowest BCUT2D eigenvalue weighted by Gasteiger charge is -2.16. The maximum Gasteiger partial charge on any atom is 0.0344 e. The van der Waals surface area contributed by atoms with Gasteiger partial charge in [0.2, 0.25) is 0 Å². The van der Waals surface area contributed by atoms with Crippen LogP contribution in [0.4, 0.5) is 11.4 Å². The molecule has 1 aliphatic heterocycles. The molecule has 3 aromatic carbocycles. The first-order chi connectivity index (χ1) is 13.6. The van der Waals surface area contributed by atoms with Gasteiger partial charge in [0.25, 0.3) is 0 Å². The van der Waals surface area contributed by atoms with Gasteiger partial charge in [-0.3, -0.25) is 0 Å². The molecule has 0 radical (unpaired) electrons. The predicted octanol–water partition coefficient (Wildman–Crippen LogP) is 3.19. The summed E-state index contributed by atoms with van der Waals surface area (Å²) >= 11 is 0. The third-order valence-electron chi connectivity index (χ3n) is 5.51. The summed E-state index contributed by atoms with van der Waals surface area (Å²) in [5.41, 5.74) is 19.7. The molecule has 1 fully saturated rings. The van der Waals surface area contributed by atoms with Crippen LogP contribution in [0.25, 0.3) is 22.8 Å². The normalized spacial score (nSPS) is 15.0. The van der Waals surface area contributed by atoms with Crippen molar-refractivity contribution in [1.82, 2.24) is 5.32 Å². The molecule has 4 rings (SSSR count). The van der Waals surface area contributed by atoms with E-state index in [0.717, 1.165) is 48.4 Å². The Bertz CT molecular complexity index is 1100. The van der Waals surface area contributed by atoms with Crippen molar-refractivity contribution in [3.63, 3.8) is 0 Å². The van der Waals surface area contributed by atoms with E-state index in [2.05, 4.69) is 53.9 Å². The van der Waals surface area contributed by atoms with E-state index in [1.54, 1.807) is 0 Å². The van der Waals surface area contributed by atoms with Crippen molar-refractivity contribution in [2.75, 3.05) is 24.6 Å². The quantitative estimate of drug-likeness (QED) is 0.608. The lowest BCUT2D eigenvalue weighted by Crippen LogP contribution is -2.26. The van der Waals surface area contributed by atoms with Gasteiger partial charge < -0.3 is 16.8 Å². The molecule has 0 spiro atoms. The summed E-state index contributed by atoms with van der Waals surface area (Å²) in [6.45, 7) is 4.17. The van der Waals surface area contributed by atoms with Crippen molar-refractivity contribution in [3.8, 4) is 11.1 Å². The van der Waals surface area contributed by atoms with E-state index in [1.807, 2.05) is 25.1 Å². The van der Waals surface area contributed by atoms with E-state index in [-0.39, 0.29) is 0 Å². The molecular formula is C25H27N3. The van der Waals surface area contributed by atoms with Crippen LogP contribution >= 0.6 is 0 Å². The van der Waals surface area contributed by atoms with Crippen LogP contribution in [0.2, 0.25) is 0 Å². The molecule has 1 aliphatic rings. The molecule has 0 amide bonds. The molecule has 0 unspecified atom stereocenters. The number of nitrogen functional groups attached to an aromatic ring is 2. The van der Waals surface area contributed by atoms with E-state index in [4.69, 9.17) is 11.5 Å². The van der Waals surface area contributed by atoms with E-state index >= 15 is 0 Å². The number of hydrogen-bond donors (Lipinski definition) is 3. The molecule has 1 saturated heterocycles. The number of hydrogen-bond acceptors (Lipinski definition) is 3. The van der Waals surface area contributed by atoms with E-state index < -0.39 is 0 Å². The van der Waals surface area contributed by atoms with Crippen molar-refractivity contribution < 1.29 is 0 Å². The Balaban J connectivity index is 1.91. The molecule has 0 saturated carbocycles. The summed E-state index contributed by atoms with van der Waals surface area (Å²) in [6, 6.07) is 21.2. The number of benzene rings is 3. The number of aryl methyl sites for hydroxylation is 1. The number of anilines is 2. The molecule has 3 nitrogen and oxygen atoms in total. The Morgan fingerprint density at radius 1 is 0.857 bits per heavy atom. The summed E-state index contributed by atoms with van der Waals surface area (Å²) < 4.78 is 0. The van der Waals surface area contributed by atoms with Crippen LogP contribution in [0.5, 0.6) is 0 Å². The maximum absolute atomic E-state index is 5.99. The van der Waals surface area contributed by atoms with Crippen molar-refractivity contribution >= 4 is 23.0 Å². The molecule has 0 bridgehead atoms. The number of piperidine rings is 1. The van der Waals surface area contributed by atoms with E-state index in [0.29, 0.717) is 0 Å². The molecule has 3 aromatic rings. The van der Waals surface area contributed by atoms with Gasteiger partial charge in [0.1, 0.15) is 0 Å². The monoisotopic (exact) mass is 369 g/mol. The van der Waals surface area contributed by atoms with Gasteiger partial charge in [-0.15, -0.1) is 0 Å². The summed E-state index contributed by atoms with van der Waals surface area (Å²) in [4.78, 5) is 0. The Labute approximate surface area is 166 Å². The fraction of sp³-hybridized carbons (Fsp3) is 0.200. The Morgan fingerprint density at radius 2 is 1.61 bits per heavy atom. The van der Waals surface area contributed by atoms with Gasteiger partial charge in [0.15, 0.2) is 0 Å². The van der Waals surface area contributed by atoms with Crippen LogP contribution in [-0.4, -0.2) is 13.1 Å². The van der Waals surface area contributed by atoms with Gasteiger partial charge in [0, 0.05) is 11.4 Å². The summed E-state index contributed by atoms with van der Waals surface area (Å²) in [5.74, 6) is 0. The van der Waals surface area contributed by atoms with Gasteiger partial charge in [0.05, 0.1) is 0 Å². The number of nitrogens with two attached hydrogens (primary N) is 2. The zero-order valence-corrected chi connectivity index (χ0v) is 16.3. The van der Waals surface area contributed by atoms with Crippen molar-refractivity contribution in [2.24, 2.45) is 0 Å². The van der Waals surface area contributed by atoms with Crippen LogP contribution in [0.3, 0.4) is 0 Å². The highest BCUT2D eigenvalue weighted by Gasteiger charge is 2.07. The number of nitrogens with one attached hydrogen (secondary N) is 1. The van der Waals surface area contributed by atoms with Gasteiger partial charge in [-0.2, -0.15) is 0 Å². The SMILES string of the molecule is Cc1cc(/C=c2\ccc(=C3CCNCC3)cc2-c2ccc(N)cc2)ccc1N. The Morgan fingerprint density at radius 3 is 2.32 bits per heavy atom. The largest absolute Gasteiger partial charge is 0.399 e. The average Bonchev–Trinajstić information content (AvgIpc) is 2.72. The second-order valence-electron chi connectivity index (χ2n) is 7.54. The Kier molecular flexibility index (Phi) is 5.18. The molecule has 28 heavy (non-hydrogen) atoms. The fourth-order valence-electron chi connectivity index (χ4n) is 3.80. The molecule has 3 heteroatoms. The van der Waals surface area contributed by atoms with Crippen molar-refractivity contribution in [2.45, 2.75) is 19.8 Å².